The van der Waals surface area contributed by atoms with Gasteiger partial charge in [0.05, 0.1) is 6.10 Å². The van der Waals surface area contributed by atoms with Gasteiger partial charge in [0.15, 0.2) is 11.6 Å². The van der Waals surface area contributed by atoms with Crippen LogP contribution in [0.15, 0.2) is 23.3 Å². The zero-order valence-corrected chi connectivity index (χ0v) is 8.57. The third kappa shape index (κ3) is 1.99. The molecule has 0 amide bonds. The summed E-state index contributed by atoms with van der Waals surface area (Å²) in [5.41, 5.74) is 0.630. The van der Waals surface area contributed by atoms with Crippen molar-refractivity contribution >= 4 is 11.6 Å². The molecule has 3 heteroatoms. The van der Waals surface area contributed by atoms with E-state index in [1.54, 1.807) is 20.8 Å². The number of aliphatic hydroxyl groups excluding tert-OH is 1. The van der Waals surface area contributed by atoms with Gasteiger partial charge in [-0.15, -0.1) is 0 Å². The highest BCUT2D eigenvalue weighted by atomic mass is 16.3. The Morgan fingerprint density at radius 3 is 2.21 bits per heavy atom. The van der Waals surface area contributed by atoms with Crippen molar-refractivity contribution in [2.75, 3.05) is 0 Å². The predicted octanol–water partition coefficient (Wildman–Crippen LogP) is 1.03. The second-order valence-electron chi connectivity index (χ2n) is 3.84. The van der Waals surface area contributed by atoms with E-state index in [9.17, 15) is 14.7 Å². The van der Waals surface area contributed by atoms with Gasteiger partial charge >= 0.3 is 0 Å². The first-order valence-electron chi connectivity index (χ1n) is 4.60. The Morgan fingerprint density at radius 1 is 1.14 bits per heavy atom. The first kappa shape index (κ1) is 10.9. The fourth-order valence-electron chi connectivity index (χ4n) is 1.27. The number of carbonyl (C=O) groups excluding carboxylic acids is 2. The van der Waals surface area contributed by atoms with Crippen LogP contribution in [0.5, 0.6) is 0 Å². The second-order valence-corrected chi connectivity index (χ2v) is 3.84. The van der Waals surface area contributed by atoms with Crippen molar-refractivity contribution in [1.29, 1.82) is 0 Å². The summed E-state index contributed by atoms with van der Waals surface area (Å²) >= 11 is 0. The molecule has 0 radical (unpaired) electrons. The lowest BCUT2D eigenvalue weighted by atomic mass is 9.89. The molecule has 0 saturated heterocycles. The van der Waals surface area contributed by atoms with Crippen molar-refractivity contribution in [3.8, 4) is 0 Å². The van der Waals surface area contributed by atoms with Crippen LogP contribution in [0, 0.1) is 5.92 Å². The van der Waals surface area contributed by atoms with E-state index in [-0.39, 0.29) is 23.1 Å². The molecule has 1 rings (SSSR count). The topological polar surface area (TPSA) is 54.4 Å². The van der Waals surface area contributed by atoms with Gasteiger partial charge in [-0.25, -0.2) is 0 Å². The minimum Gasteiger partial charge on any atom is -0.388 e. The van der Waals surface area contributed by atoms with Crippen molar-refractivity contribution in [2.45, 2.75) is 26.9 Å². The first-order valence-corrected chi connectivity index (χ1v) is 4.60. The maximum absolute atomic E-state index is 11.4. The molecule has 1 unspecified atom stereocenters. The summed E-state index contributed by atoms with van der Waals surface area (Å²) in [6, 6.07) is 0. The number of carbonyl (C=O) groups is 2. The number of hydrogen-bond donors (Lipinski definition) is 1. The Hall–Kier alpha value is -1.22. The number of aliphatic hydroxyl groups is 1. The molecule has 1 aliphatic rings. The lowest BCUT2D eigenvalue weighted by Gasteiger charge is -2.18. The average Bonchev–Trinajstić information content (AvgIpc) is 2.10. The molecule has 3 nitrogen and oxygen atoms in total. The lowest BCUT2D eigenvalue weighted by Crippen LogP contribution is -2.26. The van der Waals surface area contributed by atoms with Gasteiger partial charge in [-0.05, 0) is 25.0 Å². The maximum Gasteiger partial charge on any atom is 0.184 e. The minimum absolute atomic E-state index is 0.0650. The molecule has 1 atom stereocenters. The van der Waals surface area contributed by atoms with Crippen LogP contribution in [0.2, 0.25) is 0 Å². The highest BCUT2D eigenvalue weighted by Gasteiger charge is 2.25. The van der Waals surface area contributed by atoms with Crippen molar-refractivity contribution in [1.82, 2.24) is 0 Å². The van der Waals surface area contributed by atoms with E-state index >= 15 is 0 Å². The summed E-state index contributed by atoms with van der Waals surface area (Å²) in [6.45, 7) is 5.19. The Balaban J connectivity index is 2.97. The first-order chi connectivity index (χ1) is 6.43. The zero-order valence-electron chi connectivity index (χ0n) is 8.57. The van der Waals surface area contributed by atoms with Gasteiger partial charge in [-0.1, -0.05) is 13.8 Å². The molecule has 0 heterocycles. The number of rotatable bonds is 2. The molecule has 0 aromatic rings. The molecule has 0 aliphatic heterocycles. The maximum atomic E-state index is 11.4. The van der Waals surface area contributed by atoms with Gasteiger partial charge in [-0.2, -0.15) is 0 Å². The van der Waals surface area contributed by atoms with Gasteiger partial charge in [0.1, 0.15) is 0 Å². The van der Waals surface area contributed by atoms with Gasteiger partial charge in [-0.3, -0.25) is 9.59 Å². The van der Waals surface area contributed by atoms with Crippen molar-refractivity contribution in [3.05, 3.63) is 23.3 Å². The summed E-state index contributed by atoms with van der Waals surface area (Å²) in [4.78, 5) is 22.7. The van der Waals surface area contributed by atoms with Gasteiger partial charge in [0.2, 0.25) is 0 Å². The highest BCUT2D eigenvalue weighted by Crippen LogP contribution is 2.18. The lowest BCUT2D eigenvalue weighted by molar-refractivity contribution is -0.116. The summed E-state index contributed by atoms with van der Waals surface area (Å²) in [5.74, 6) is -0.521. The van der Waals surface area contributed by atoms with E-state index in [0.717, 1.165) is 0 Å². The van der Waals surface area contributed by atoms with E-state index in [2.05, 4.69) is 0 Å². The molecule has 0 saturated carbocycles. The molecule has 0 aromatic carbocycles. The summed E-state index contributed by atoms with van der Waals surface area (Å²) < 4.78 is 0. The van der Waals surface area contributed by atoms with Gasteiger partial charge in [0.25, 0.3) is 0 Å². The molecule has 76 valence electrons. The van der Waals surface area contributed by atoms with Crippen LogP contribution < -0.4 is 0 Å². The standard InChI is InChI=1S/C11H14O3/c1-6(2)11(14)8-5-9(12)7(3)4-10(8)13/h4-6,11,14H,1-3H3. The van der Waals surface area contributed by atoms with Crippen molar-refractivity contribution < 1.29 is 14.7 Å². The zero-order chi connectivity index (χ0) is 10.9. The third-order valence-electron chi connectivity index (χ3n) is 2.26. The molecular formula is C11H14O3. The van der Waals surface area contributed by atoms with Crippen LogP contribution in [0.3, 0.4) is 0 Å². The molecule has 1 N–H and O–H groups in total. The SMILES string of the molecule is CC1=CC(=O)C(C(O)C(C)C)=CC1=O. The Labute approximate surface area is 83.1 Å². The minimum atomic E-state index is -0.851. The smallest absolute Gasteiger partial charge is 0.184 e. The molecule has 0 spiro atoms. The van der Waals surface area contributed by atoms with E-state index in [1.165, 1.54) is 12.2 Å². The van der Waals surface area contributed by atoms with Crippen LogP contribution in [-0.2, 0) is 9.59 Å². The fraction of sp³-hybridized carbons (Fsp3) is 0.455. The molecule has 14 heavy (non-hydrogen) atoms. The van der Waals surface area contributed by atoms with Crippen LogP contribution in [-0.4, -0.2) is 22.8 Å². The van der Waals surface area contributed by atoms with E-state index in [4.69, 9.17) is 0 Å². The van der Waals surface area contributed by atoms with Crippen LogP contribution >= 0.6 is 0 Å². The summed E-state index contributed by atoms with van der Waals surface area (Å²) in [7, 11) is 0. The quantitative estimate of drug-likeness (QED) is 0.668. The second kappa shape index (κ2) is 3.88. The molecule has 0 fully saturated rings. The Morgan fingerprint density at radius 2 is 1.71 bits per heavy atom. The van der Waals surface area contributed by atoms with Gasteiger partial charge in [0, 0.05) is 11.1 Å². The number of allylic oxidation sites excluding steroid dienone is 3. The van der Waals surface area contributed by atoms with Crippen LogP contribution in [0.25, 0.3) is 0 Å². The average molecular weight is 194 g/mol. The van der Waals surface area contributed by atoms with Crippen molar-refractivity contribution in [2.24, 2.45) is 5.92 Å². The monoisotopic (exact) mass is 194 g/mol. The Bertz CT molecular complexity index is 334. The molecule has 1 aliphatic carbocycles. The van der Waals surface area contributed by atoms with Gasteiger partial charge < -0.3 is 5.11 Å². The normalized spacial score (nSPS) is 19.5. The van der Waals surface area contributed by atoms with E-state index in [1.807, 2.05) is 0 Å². The third-order valence-corrected chi connectivity index (χ3v) is 2.26. The van der Waals surface area contributed by atoms with Crippen LogP contribution in [0.4, 0.5) is 0 Å². The van der Waals surface area contributed by atoms with Crippen molar-refractivity contribution in [3.63, 3.8) is 0 Å². The van der Waals surface area contributed by atoms with Crippen LogP contribution in [0.1, 0.15) is 20.8 Å². The predicted molar refractivity (Wildman–Crippen MR) is 52.7 cm³/mol. The number of ketones is 2. The molecule has 0 aromatic heterocycles. The fourth-order valence-corrected chi connectivity index (χ4v) is 1.27. The molecule has 0 bridgehead atoms. The van der Waals surface area contributed by atoms with E-state index in [0.29, 0.717) is 5.57 Å². The molecular weight excluding hydrogens is 180 g/mol. The van der Waals surface area contributed by atoms with E-state index < -0.39 is 6.10 Å². The number of hydrogen-bond acceptors (Lipinski definition) is 3. The summed E-state index contributed by atoms with van der Waals surface area (Å²) in [6.07, 6.45) is 1.67. The summed E-state index contributed by atoms with van der Waals surface area (Å²) in [5, 5.41) is 9.66. The largest absolute Gasteiger partial charge is 0.388 e. The Kier molecular flexibility index (Phi) is 3.01. The highest BCUT2D eigenvalue weighted by molar-refractivity contribution is 6.20.